The fourth-order valence-electron chi connectivity index (χ4n) is 5.30. The van der Waals surface area contributed by atoms with Crippen molar-refractivity contribution in [1.82, 2.24) is 19.8 Å². The lowest BCUT2D eigenvalue weighted by Crippen LogP contribution is -2.46. The molecule has 3 aromatic rings. The first-order chi connectivity index (χ1) is 18.6. The number of aryl methyl sites for hydroxylation is 1. The molecule has 0 spiro atoms. The molecule has 2 saturated heterocycles. The van der Waals surface area contributed by atoms with Crippen molar-refractivity contribution in [3.8, 4) is 11.3 Å². The fourth-order valence-corrected chi connectivity index (χ4v) is 6.26. The van der Waals surface area contributed by atoms with Crippen molar-refractivity contribution in [3.05, 3.63) is 58.8 Å². The van der Waals surface area contributed by atoms with Crippen LogP contribution in [0.1, 0.15) is 18.1 Å². The molecule has 0 N–H and O–H groups in total. The highest BCUT2D eigenvalue weighted by atomic mass is 32.2. The van der Waals surface area contributed by atoms with E-state index in [1.807, 2.05) is 18.2 Å². The first-order valence-corrected chi connectivity index (χ1v) is 14.1. The summed E-state index contributed by atoms with van der Waals surface area (Å²) in [5.41, 5.74) is 6.32. The quantitative estimate of drug-likeness (QED) is 0.470. The van der Waals surface area contributed by atoms with Gasteiger partial charge in [0.15, 0.2) is 5.17 Å². The van der Waals surface area contributed by atoms with Gasteiger partial charge < -0.3 is 19.4 Å². The first kappa shape index (κ1) is 25.0. The Labute approximate surface area is 227 Å². The molecule has 9 heteroatoms. The molecule has 0 saturated carbocycles. The Kier molecular flexibility index (Phi) is 7.14. The van der Waals surface area contributed by atoms with Gasteiger partial charge in [0, 0.05) is 55.9 Å². The Morgan fingerprint density at radius 3 is 2.55 bits per heavy atom. The number of carbonyl (C=O) groups excluding carboxylic acids is 1. The van der Waals surface area contributed by atoms with Gasteiger partial charge in [-0.1, -0.05) is 19.1 Å². The number of hydrogen-bond acceptors (Lipinski definition) is 8. The molecule has 4 heterocycles. The summed E-state index contributed by atoms with van der Waals surface area (Å²) in [6, 6.07) is 12.7. The lowest BCUT2D eigenvalue weighted by atomic mass is 10.0. The number of thioether (sulfide) groups is 1. The molecule has 3 aliphatic heterocycles. The highest BCUT2D eigenvalue weighted by molar-refractivity contribution is 8.18. The summed E-state index contributed by atoms with van der Waals surface area (Å²) >= 11 is 1.44. The Morgan fingerprint density at radius 1 is 0.974 bits per heavy atom. The number of benzene rings is 2. The van der Waals surface area contributed by atoms with Crippen LogP contribution in [0.5, 0.6) is 0 Å². The van der Waals surface area contributed by atoms with Crippen LogP contribution in [-0.2, 0) is 9.53 Å². The van der Waals surface area contributed by atoms with Crippen LogP contribution in [0, 0.1) is 6.92 Å². The molecule has 1 aromatic heterocycles. The van der Waals surface area contributed by atoms with Gasteiger partial charge in [-0.3, -0.25) is 4.79 Å². The second kappa shape index (κ2) is 10.8. The Bertz CT molecular complexity index is 1420. The number of ether oxygens (including phenoxy) is 1. The average Bonchev–Trinajstić information content (AvgIpc) is 3.33. The fraction of sp³-hybridized carbons (Fsp3) is 0.379. The minimum absolute atomic E-state index is 0.188. The molecule has 0 radical (unpaired) electrons. The van der Waals surface area contributed by atoms with Crippen LogP contribution in [0.4, 0.5) is 5.69 Å². The molecule has 2 aromatic carbocycles. The van der Waals surface area contributed by atoms with Crippen molar-refractivity contribution in [2.75, 3.05) is 63.9 Å². The van der Waals surface area contributed by atoms with Crippen molar-refractivity contribution in [3.63, 3.8) is 0 Å². The second-order valence-electron chi connectivity index (χ2n) is 9.83. The maximum atomic E-state index is 12.7. The summed E-state index contributed by atoms with van der Waals surface area (Å²) < 4.78 is 5.43. The minimum atomic E-state index is -0.188. The van der Waals surface area contributed by atoms with E-state index in [-0.39, 0.29) is 5.91 Å². The molecule has 0 atom stereocenters. The molecule has 196 valence electrons. The molecule has 0 bridgehead atoms. The average molecular weight is 529 g/mol. The van der Waals surface area contributed by atoms with Gasteiger partial charge in [0.2, 0.25) is 0 Å². The van der Waals surface area contributed by atoms with Gasteiger partial charge in [0.1, 0.15) is 6.33 Å². The molecule has 2 fully saturated rings. The van der Waals surface area contributed by atoms with Crippen molar-refractivity contribution < 1.29 is 9.53 Å². The molecule has 38 heavy (non-hydrogen) atoms. The standard InChI is InChI=1S/C29H32N6O2S/c1-3-33-8-10-34(11-9-33)25-7-5-22(16-20(25)2)27-23-17-21(4-6-24(23)30-19-31-27)18-26-28(36)32-29(38-26)35-12-14-37-15-13-35/h4-7,16-19H,3,8-15H2,1-2H3/b26-18-. The number of amides is 1. The number of morpholine rings is 1. The lowest BCUT2D eigenvalue weighted by Gasteiger charge is -2.36. The molecule has 3 aliphatic rings. The van der Waals surface area contributed by atoms with E-state index in [0.717, 1.165) is 78.7 Å². The van der Waals surface area contributed by atoms with Gasteiger partial charge in [0.25, 0.3) is 5.91 Å². The molecular weight excluding hydrogens is 496 g/mol. The van der Waals surface area contributed by atoms with Gasteiger partial charge in [-0.05, 0) is 66.7 Å². The van der Waals surface area contributed by atoms with E-state index in [1.54, 1.807) is 6.33 Å². The topological polar surface area (TPSA) is 74.2 Å². The van der Waals surface area contributed by atoms with Crippen LogP contribution in [0.3, 0.4) is 0 Å². The third-order valence-corrected chi connectivity index (χ3v) is 8.52. The van der Waals surface area contributed by atoms with Crippen molar-refractivity contribution >= 4 is 45.5 Å². The number of fused-ring (bicyclic) bond motifs is 1. The van der Waals surface area contributed by atoms with Crippen LogP contribution in [0.25, 0.3) is 28.2 Å². The molecule has 0 unspecified atom stereocenters. The first-order valence-electron chi connectivity index (χ1n) is 13.3. The Morgan fingerprint density at radius 2 is 1.79 bits per heavy atom. The SMILES string of the molecule is CCN1CCN(c2ccc(-c3ncnc4ccc(/C=C5\SC(N6CCOCC6)=NC5=O)cc34)cc2C)CC1. The normalized spacial score (nSPS) is 20.0. The zero-order valence-electron chi connectivity index (χ0n) is 21.9. The van der Waals surface area contributed by atoms with Gasteiger partial charge in [-0.25, -0.2) is 9.97 Å². The number of rotatable bonds is 4. The lowest BCUT2D eigenvalue weighted by molar-refractivity contribution is -0.113. The molecule has 1 amide bonds. The number of piperazine rings is 1. The summed E-state index contributed by atoms with van der Waals surface area (Å²) in [7, 11) is 0. The van der Waals surface area contributed by atoms with Crippen molar-refractivity contribution in [2.24, 2.45) is 4.99 Å². The van der Waals surface area contributed by atoms with Crippen LogP contribution >= 0.6 is 11.8 Å². The highest BCUT2D eigenvalue weighted by Gasteiger charge is 2.27. The van der Waals surface area contributed by atoms with Gasteiger partial charge >= 0.3 is 0 Å². The van der Waals surface area contributed by atoms with Crippen molar-refractivity contribution in [2.45, 2.75) is 13.8 Å². The number of amidine groups is 1. The van der Waals surface area contributed by atoms with E-state index in [4.69, 9.17) is 4.74 Å². The summed E-state index contributed by atoms with van der Waals surface area (Å²) in [5, 5.41) is 1.73. The maximum Gasteiger partial charge on any atom is 0.286 e. The van der Waals surface area contributed by atoms with Crippen LogP contribution in [-0.4, -0.2) is 89.9 Å². The maximum absolute atomic E-state index is 12.7. The number of nitrogens with zero attached hydrogens (tertiary/aromatic N) is 6. The van der Waals surface area contributed by atoms with Crippen molar-refractivity contribution in [1.29, 1.82) is 0 Å². The van der Waals surface area contributed by atoms with Gasteiger partial charge in [-0.15, -0.1) is 0 Å². The van der Waals surface area contributed by atoms with Gasteiger partial charge in [-0.2, -0.15) is 4.99 Å². The molecule has 0 aliphatic carbocycles. The number of likely N-dealkylation sites (N-methyl/N-ethyl adjacent to an activating group) is 1. The number of hydrogen-bond donors (Lipinski definition) is 0. The van der Waals surface area contributed by atoms with E-state index in [0.29, 0.717) is 18.1 Å². The minimum Gasteiger partial charge on any atom is -0.378 e. The predicted octanol–water partition coefficient (Wildman–Crippen LogP) is 4.05. The Balaban J connectivity index is 1.27. The molecular formula is C29H32N6O2S. The van der Waals surface area contributed by atoms with Crippen LogP contribution in [0.2, 0.25) is 0 Å². The van der Waals surface area contributed by atoms with E-state index in [2.05, 4.69) is 67.8 Å². The second-order valence-corrected chi connectivity index (χ2v) is 10.8. The summed E-state index contributed by atoms with van der Waals surface area (Å²) in [4.78, 5) is 33.9. The highest BCUT2D eigenvalue weighted by Crippen LogP contribution is 2.33. The van der Waals surface area contributed by atoms with Crippen LogP contribution in [0.15, 0.2) is 52.6 Å². The summed E-state index contributed by atoms with van der Waals surface area (Å²) in [5.74, 6) is -0.188. The van der Waals surface area contributed by atoms with Gasteiger partial charge in [0.05, 0.1) is 29.3 Å². The van der Waals surface area contributed by atoms with E-state index < -0.39 is 0 Å². The zero-order chi connectivity index (χ0) is 26.1. The smallest absolute Gasteiger partial charge is 0.286 e. The Hall–Kier alpha value is -3.27. The summed E-state index contributed by atoms with van der Waals surface area (Å²) in [6.45, 7) is 12.7. The zero-order valence-corrected chi connectivity index (χ0v) is 22.7. The van der Waals surface area contributed by atoms with E-state index in [1.165, 1.54) is 23.0 Å². The number of aliphatic imine (C=N–C) groups is 1. The largest absolute Gasteiger partial charge is 0.378 e. The molecule has 8 nitrogen and oxygen atoms in total. The number of aromatic nitrogens is 2. The van der Waals surface area contributed by atoms with Crippen LogP contribution < -0.4 is 4.90 Å². The summed E-state index contributed by atoms with van der Waals surface area (Å²) in [6.07, 6.45) is 3.55. The third kappa shape index (κ3) is 5.06. The third-order valence-electron chi connectivity index (χ3n) is 7.48. The number of anilines is 1. The number of carbonyl (C=O) groups is 1. The predicted molar refractivity (Wildman–Crippen MR) is 154 cm³/mol. The van der Waals surface area contributed by atoms with E-state index >= 15 is 0 Å². The van der Waals surface area contributed by atoms with E-state index in [9.17, 15) is 4.79 Å². The monoisotopic (exact) mass is 528 g/mol. The molecule has 6 rings (SSSR count).